The Morgan fingerprint density at radius 3 is 2.39 bits per heavy atom. The quantitative estimate of drug-likeness (QED) is 0.616. The lowest BCUT2D eigenvalue weighted by Crippen LogP contribution is -2.41. The highest BCUT2D eigenvalue weighted by Crippen LogP contribution is 2.31. The largest absolute Gasteiger partial charge is 0.378 e. The fourth-order valence-corrected chi connectivity index (χ4v) is 4.61. The number of nitrogens with zero attached hydrogens (tertiary/aromatic N) is 2. The van der Waals surface area contributed by atoms with Gasteiger partial charge < -0.3 is 10.2 Å². The minimum atomic E-state index is 0.108. The Morgan fingerprint density at radius 2 is 1.68 bits per heavy atom. The normalized spacial score (nSPS) is 16.2. The minimum absolute atomic E-state index is 0.108. The lowest BCUT2D eigenvalue weighted by Gasteiger charge is -2.36. The second-order valence-corrected chi connectivity index (χ2v) is 8.83. The van der Waals surface area contributed by atoms with Crippen LogP contribution in [0.15, 0.2) is 66.7 Å². The van der Waals surface area contributed by atoms with E-state index in [0.717, 1.165) is 31.5 Å². The Bertz CT molecular complexity index is 1010. The number of amides is 1. The van der Waals surface area contributed by atoms with Crippen molar-refractivity contribution in [3.8, 4) is 0 Å². The number of benzene rings is 3. The van der Waals surface area contributed by atoms with Crippen LogP contribution in [0.4, 0.5) is 5.69 Å². The summed E-state index contributed by atoms with van der Waals surface area (Å²) in [4.78, 5) is 17.3. The van der Waals surface area contributed by atoms with Crippen molar-refractivity contribution in [3.63, 3.8) is 0 Å². The molecule has 1 atom stereocenters. The van der Waals surface area contributed by atoms with E-state index in [4.69, 9.17) is 0 Å². The molecular formula is C27H33N3O. The van der Waals surface area contributed by atoms with Gasteiger partial charge >= 0.3 is 0 Å². The van der Waals surface area contributed by atoms with E-state index < -0.39 is 0 Å². The number of piperidine rings is 1. The van der Waals surface area contributed by atoms with Crippen LogP contribution in [0.25, 0.3) is 10.8 Å². The third-order valence-corrected chi connectivity index (χ3v) is 6.64. The summed E-state index contributed by atoms with van der Waals surface area (Å²) in [5, 5.41) is 5.77. The number of carbonyl (C=O) groups excluding carboxylic acids is 1. The maximum atomic E-state index is 12.7. The van der Waals surface area contributed by atoms with E-state index in [9.17, 15) is 4.79 Å². The zero-order chi connectivity index (χ0) is 21.8. The van der Waals surface area contributed by atoms with Gasteiger partial charge in [0.15, 0.2) is 0 Å². The van der Waals surface area contributed by atoms with E-state index in [1.807, 2.05) is 14.1 Å². The van der Waals surface area contributed by atoms with Crippen LogP contribution >= 0.6 is 0 Å². The van der Waals surface area contributed by atoms with E-state index in [1.165, 1.54) is 22.0 Å². The molecule has 1 aliphatic rings. The van der Waals surface area contributed by atoms with Crippen molar-refractivity contribution in [2.45, 2.75) is 32.4 Å². The maximum Gasteiger partial charge on any atom is 0.223 e. The average Bonchev–Trinajstić information content (AvgIpc) is 2.82. The Morgan fingerprint density at radius 1 is 1.00 bits per heavy atom. The molecule has 0 aromatic heterocycles. The number of anilines is 1. The number of fused-ring (bicyclic) bond motifs is 1. The number of rotatable bonds is 6. The number of likely N-dealkylation sites (tertiary alicyclic amines) is 1. The van der Waals surface area contributed by atoms with Gasteiger partial charge in [-0.25, -0.2) is 0 Å². The van der Waals surface area contributed by atoms with Gasteiger partial charge in [0.25, 0.3) is 0 Å². The summed E-state index contributed by atoms with van der Waals surface area (Å²) in [5.41, 5.74) is 3.69. The molecule has 3 aromatic carbocycles. The van der Waals surface area contributed by atoms with Crippen LogP contribution in [-0.2, 0) is 11.3 Å². The molecule has 4 heteroatoms. The van der Waals surface area contributed by atoms with Crippen LogP contribution in [-0.4, -0.2) is 38.0 Å². The molecule has 4 nitrogen and oxygen atoms in total. The summed E-state index contributed by atoms with van der Waals surface area (Å²) in [6.07, 6.45) is 1.83. The molecule has 0 saturated carbocycles. The van der Waals surface area contributed by atoms with Crippen molar-refractivity contribution in [1.82, 2.24) is 10.2 Å². The summed E-state index contributed by atoms with van der Waals surface area (Å²) < 4.78 is 0. The van der Waals surface area contributed by atoms with Crippen molar-refractivity contribution in [2.24, 2.45) is 5.92 Å². The van der Waals surface area contributed by atoms with Gasteiger partial charge in [-0.05, 0) is 66.9 Å². The Hall–Kier alpha value is -2.85. The number of hydrogen-bond acceptors (Lipinski definition) is 3. The predicted octanol–water partition coefficient (Wildman–Crippen LogP) is 5.00. The molecule has 0 radical (unpaired) electrons. The number of carbonyl (C=O) groups is 1. The van der Waals surface area contributed by atoms with Crippen LogP contribution in [0.1, 0.15) is 36.9 Å². The molecule has 1 N–H and O–H groups in total. The molecule has 1 fully saturated rings. The molecule has 1 aliphatic heterocycles. The molecule has 0 aliphatic carbocycles. The fraction of sp³-hybridized carbons (Fsp3) is 0.370. The first-order valence-electron chi connectivity index (χ1n) is 11.3. The highest BCUT2D eigenvalue weighted by Gasteiger charge is 2.28. The van der Waals surface area contributed by atoms with Gasteiger partial charge in [0.05, 0.1) is 0 Å². The smallest absolute Gasteiger partial charge is 0.223 e. The number of hydrogen-bond donors (Lipinski definition) is 1. The Balaban J connectivity index is 1.31. The lowest BCUT2D eigenvalue weighted by molar-refractivity contribution is -0.126. The first-order valence-corrected chi connectivity index (χ1v) is 11.3. The van der Waals surface area contributed by atoms with E-state index in [2.05, 4.69) is 88.8 Å². The zero-order valence-electron chi connectivity index (χ0n) is 18.8. The number of nitrogens with one attached hydrogen (secondary N) is 1. The van der Waals surface area contributed by atoms with E-state index in [-0.39, 0.29) is 11.8 Å². The Kier molecular flexibility index (Phi) is 6.57. The van der Waals surface area contributed by atoms with Crippen LogP contribution in [0.3, 0.4) is 0 Å². The molecule has 0 bridgehead atoms. The summed E-state index contributed by atoms with van der Waals surface area (Å²) in [5.74, 6) is 0.297. The van der Waals surface area contributed by atoms with Gasteiger partial charge in [0.1, 0.15) is 0 Å². The van der Waals surface area contributed by atoms with Crippen LogP contribution in [0.2, 0.25) is 0 Å². The highest BCUT2D eigenvalue weighted by atomic mass is 16.1. The Labute approximate surface area is 185 Å². The summed E-state index contributed by atoms with van der Waals surface area (Å²) in [6.45, 7) is 4.80. The fourth-order valence-electron chi connectivity index (χ4n) is 4.61. The first kappa shape index (κ1) is 21.4. The standard InChI is InChI=1S/C27H33N3O/c1-20(25-10-6-8-22-7-4-5-9-26(22)25)30-17-15-23(16-18-30)27(31)28-19-21-11-13-24(14-12-21)29(2)3/h4-14,20,23H,15-19H2,1-3H3,(H,28,31). The molecule has 3 aromatic rings. The van der Waals surface area contributed by atoms with Crippen molar-refractivity contribution in [2.75, 3.05) is 32.1 Å². The van der Waals surface area contributed by atoms with Crippen molar-refractivity contribution >= 4 is 22.4 Å². The SMILES string of the molecule is CC(c1cccc2ccccc12)N1CCC(C(=O)NCc2ccc(N(C)C)cc2)CC1. The third-order valence-electron chi connectivity index (χ3n) is 6.64. The maximum absolute atomic E-state index is 12.7. The molecule has 1 unspecified atom stereocenters. The predicted molar refractivity (Wildman–Crippen MR) is 129 cm³/mol. The van der Waals surface area contributed by atoms with Crippen LogP contribution in [0, 0.1) is 5.92 Å². The molecule has 162 valence electrons. The summed E-state index contributed by atoms with van der Waals surface area (Å²) in [7, 11) is 4.06. The molecular weight excluding hydrogens is 382 g/mol. The first-order chi connectivity index (χ1) is 15.0. The monoisotopic (exact) mass is 415 g/mol. The van der Waals surface area contributed by atoms with E-state index in [1.54, 1.807) is 0 Å². The van der Waals surface area contributed by atoms with Crippen LogP contribution in [0.5, 0.6) is 0 Å². The molecule has 4 rings (SSSR count). The molecule has 0 spiro atoms. The second-order valence-electron chi connectivity index (χ2n) is 8.83. The van der Waals surface area contributed by atoms with E-state index >= 15 is 0 Å². The van der Waals surface area contributed by atoms with Gasteiger partial charge in [0, 0.05) is 38.3 Å². The van der Waals surface area contributed by atoms with E-state index in [0.29, 0.717) is 12.6 Å². The molecule has 31 heavy (non-hydrogen) atoms. The lowest BCUT2D eigenvalue weighted by atomic mass is 9.92. The highest BCUT2D eigenvalue weighted by molar-refractivity contribution is 5.86. The van der Waals surface area contributed by atoms with Gasteiger partial charge in [-0.15, -0.1) is 0 Å². The molecule has 1 amide bonds. The van der Waals surface area contributed by atoms with Gasteiger partial charge in [-0.1, -0.05) is 54.6 Å². The van der Waals surface area contributed by atoms with Gasteiger partial charge in [0.2, 0.25) is 5.91 Å². The topological polar surface area (TPSA) is 35.6 Å². The van der Waals surface area contributed by atoms with Crippen LogP contribution < -0.4 is 10.2 Å². The zero-order valence-corrected chi connectivity index (χ0v) is 18.8. The van der Waals surface area contributed by atoms with Crippen molar-refractivity contribution < 1.29 is 4.79 Å². The van der Waals surface area contributed by atoms with Crippen molar-refractivity contribution in [3.05, 3.63) is 77.9 Å². The minimum Gasteiger partial charge on any atom is -0.378 e. The second kappa shape index (κ2) is 9.52. The molecule has 1 saturated heterocycles. The van der Waals surface area contributed by atoms with Gasteiger partial charge in [-0.3, -0.25) is 9.69 Å². The van der Waals surface area contributed by atoms with Gasteiger partial charge in [-0.2, -0.15) is 0 Å². The summed E-state index contributed by atoms with van der Waals surface area (Å²) in [6, 6.07) is 23.9. The summed E-state index contributed by atoms with van der Waals surface area (Å²) >= 11 is 0. The average molecular weight is 416 g/mol. The third kappa shape index (κ3) is 4.91. The molecule has 1 heterocycles. The van der Waals surface area contributed by atoms with Crippen molar-refractivity contribution in [1.29, 1.82) is 0 Å².